The van der Waals surface area contributed by atoms with Gasteiger partial charge in [0, 0.05) is 44.3 Å². The van der Waals surface area contributed by atoms with Gasteiger partial charge in [0.2, 0.25) is 0 Å². The molecule has 2 aliphatic rings. The van der Waals surface area contributed by atoms with Crippen LogP contribution in [0.5, 0.6) is 11.5 Å². The average Bonchev–Trinajstić information content (AvgIpc) is 2.80. The Morgan fingerprint density at radius 1 is 1.10 bits per heavy atom. The van der Waals surface area contributed by atoms with Crippen LogP contribution in [0.1, 0.15) is 37.7 Å². The highest BCUT2D eigenvalue weighted by Gasteiger charge is 2.38. The SMILES string of the molecule is CN=C(NCc1cccc(OC)c1OC)NCC1(N2CCOCC2)CCCCC1. The van der Waals surface area contributed by atoms with Crippen LogP contribution in [0.2, 0.25) is 0 Å². The lowest BCUT2D eigenvalue weighted by atomic mass is 9.80. The highest BCUT2D eigenvalue weighted by molar-refractivity contribution is 5.79. The van der Waals surface area contributed by atoms with Crippen LogP contribution in [-0.4, -0.2) is 70.5 Å². The summed E-state index contributed by atoms with van der Waals surface area (Å²) in [5.74, 6) is 2.31. The van der Waals surface area contributed by atoms with Gasteiger partial charge in [-0.05, 0) is 18.9 Å². The van der Waals surface area contributed by atoms with E-state index in [1.165, 1.54) is 32.1 Å². The average molecular weight is 405 g/mol. The van der Waals surface area contributed by atoms with Gasteiger partial charge in [-0.1, -0.05) is 31.4 Å². The minimum absolute atomic E-state index is 0.202. The topological polar surface area (TPSA) is 67.4 Å². The van der Waals surface area contributed by atoms with Crippen molar-refractivity contribution in [2.75, 3.05) is 54.1 Å². The lowest BCUT2D eigenvalue weighted by Crippen LogP contribution is -2.60. The van der Waals surface area contributed by atoms with Crippen molar-refractivity contribution in [3.05, 3.63) is 23.8 Å². The molecule has 1 aliphatic heterocycles. The maximum Gasteiger partial charge on any atom is 0.191 e. The van der Waals surface area contributed by atoms with E-state index in [0.29, 0.717) is 6.54 Å². The minimum Gasteiger partial charge on any atom is -0.493 e. The lowest BCUT2D eigenvalue weighted by Gasteiger charge is -2.48. The number of hydrogen-bond donors (Lipinski definition) is 2. The van der Waals surface area contributed by atoms with Crippen LogP contribution in [-0.2, 0) is 11.3 Å². The number of guanidine groups is 1. The molecule has 1 heterocycles. The summed E-state index contributed by atoms with van der Waals surface area (Å²) in [5, 5.41) is 7.03. The van der Waals surface area contributed by atoms with Crippen LogP contribution in [0.15, 0.2) is 23.2 Å². The Balaban J connectivity index is 1.62. The molecular formula is C22H36N4O3. The molecule has 29 heavy (non-hydrogen) atoms. The number of para-hydroxylation sites is 1. The molecule has 1 aromatic carbocycles. The van der Waals surface area contributed by atoms with Crippen molar-refractivity contribution >= 4 is 5.96 Å². The van der Waals surface area contributed by atoms with Gasteiger partial charge in [-0.2, -0.15) is 0 Å². The molecule has 0 aromatic heterocycles. The van der Waals surface area contributed by atoms with E-state index < -0.39 is 0 Å². The van der Waals surface area contributed by atoms with Crippen LogP contribution < -0.4 is 20.1 Å². The Kier molecular flexibility index (Phi) is 8.00. The third-order valence-corrected chi connectivity index (χ3v) is 6.21. The first-order valence-electron chi connectivity index (χ1n) is 10.7. The smallest absolute Gasteiger partial charge is 0.191 e. The van der Waals surface area contributed by atoms with Gasteiger partial charge in [-0.25, -0.2) is 0 Å². The van der Waals surface area contributed by atoms with Gasteiger partial charge in [-0.3, -0.25) is 9.89 Å². The zero-order valence-electron chi connectivity index (χ0n) is 18.1. The number of benzene rings is 1. The van der Waals surface area contributed by atoms with E-state index in [1.807, 2.05) is 25.2 Å². The summed E-state index contributed by atoms with van der Waals surface area (Å²) >= 11 is 0. The number of nitrogens with zero attached hydrogens (tertiary/aromatic N) is 2. The number of aliphatic imine (C=N–C) groups is 1. The Labute approximate surface area is 174 Å². The Morgan fingerprint density at radius 3 is 2.52 bits per heavy atom. The van der Waals surface area contributed by atoms with Gasteiger partial charge >= 0.3 is 0 Å². The Hall–Kier alpha value is -1.99. The van der Waals surface area contributed by atoms with E-state index in [9.17, 15) is 0 Å². The Morgan fingerprint density at radius 2 is 1.86 bits per heavy atom. The lowest BCUT2D eigenvalue weighted by molar-refractivity contribution is -0.0352. The third-order valence-electron chi connectivity index (χ3n) is 6.21. The molecule has 162 valence electrons. The van der Waals surface area contributed by atoms with Crippen molar-refractivity contribution in [3.63, 3.8) is 0 Å². The van der Waals surface area contributed by atoms with Crippen molar-refractivity contribution in [3.8, 4) is 11.5 Å². The monoisotopic (exact) mass is 404 g/mol. The molecule has 2 N–H and O–H groups in total. The van der Waals surface area contributed by atoms with Gasteiger partial charge in [0.25, 0.3) is 0 Å². The molecule has 1 saturated heterocycles. The second-order valence-corrected chi connectivity index (χ2v) is 7.82. The van der Waals surface area contributed by atoms with Gasteiger partial charge in [0.1, 0.15) is 0 Å². The molecule has 7 heteroatoms. The maximum atomic E-state index is 5.59. The molecule has 1 saturated carbocycles. The second-order valence-electron chi connectivity index (χ2n) is 7.82. The summed E-state index contributed by atoms with van der Waals surface area (Å²) in [6.45, 7) is 5.24. The largest absolute Gasteiger partial charge is 0.493 e. The molecule has 0 atom stereocenters. The van der Waals surface area contributed by atoms with Gasteiger partial charge in [0.05, 0.1) is 27.4 Å². The zero-order valence-corrected chi connectivity index (χ0v) is 18.1. The van der Waals surface area contributed by atoms with Gasteiger partial charge in [-0.15, -0.1) is 0 Å². The van der Waals surface area contributed by atoms with Crippen molar-refractivity contribution in [2.45, 2.75) is 44.2 Å². The number of nitrogens with one attached hydrogen (secondary N) is 2. The number of morpholine rings is 1. The highest BCUT2D eigenvalue weighted by atomic mass is 16.5. The normalized spacial score (nSPS) is 20.2. The zero-order chi connectivity index (χ0) is 20.5. The van der Waals surface area contributed by atoms with Crippen molar-refractivity contribution in [1.29, 1.82) is 0 Å². The molecule has 0 amide bonds. The standard InChI is InChI=1S/C22H36N4O3/c1-23-21(24-16-18-8-7-9-19(27-2)20(18)28-3)25-17-22(10-5-4-6-11-22)26-12-14-29-15-13-26/h7-9H,4-6,10-17H2,1-3H3,(H2,23,24,25). The van der Waals surface area contributed by atoms with E-state index in [1.54, 1.807) is 14.2 Å². The molecule has 0 spiro atoms. The molecule has 2 fully saturated rings. The van der Waals surface area contributed by atoms with E-state index in [-0.39, 0.29) is 5.54 Å². The minimum atomic E-state index is 0.202. The van der Waals surface area contributed by atoms with Crippen LogP contribution in [0.3, 0.4) is 0 Å². The van der Waals surface area contributed by atoms with Crippen LogP contribution in [0, 0.1) is 0 Å². The van der Waals surface area contributed by atoms with Crippen molar-refractivity contribution in [2.24, 2.45) is 4.99 Å². The van der Waals surface area contributed by atoms with Crippen molar-refractivity contribution < 1.29 is 14.2 Å². The fraction of sp³-hybridized carbons (Fsp3) is 0.682. The van der Waals surface area contributed by atoms with E-state index in [4.69, 9.17) is 14.2 Å². The first-order valence-corrected chi connectivity index (χ1v) is 10.7. The molecule has 7 nitrogen and oxygen atoms in total. The molecule has 0 radical (unpaired) electrons. The number of ether oxygens (including phenoxy) is 3. The van der Waals surface area contributed by atoms with E-state index >= 15 is 0 Å². The summed E-state index contributed by atoms with van der Waals surface area (Å²) in [6, 6.07) is 5.92. The number of methoxy groups -OCH3 is 2. The van der Waals surface area contributed by atoms with Crippen LogP contribution in [0.25, 0.3) is 0 Å². The molecule has 0 unspecified atom stereocenters. The first-order chi connectivity index (χ1) is 14.2. The Bertz CT molecular complexity index is 668. The number of rotatable bonds is 7. The summed E-state index contributed by atoms with van der Waals surface area (Å²) in [4.78, 5) is 7.08. The molecule has 1 aliphatic carbocycles. The van der Waals surface area contributed by atoms with Crippen molar-refractivity contribution in [1.82, 2.24) is 15.5 Å². The summed E-state index contributed by atoms with van der Waals surface area (Å²) in [6.07, 6.45) is 6.41. The quantitative estimate of drug-likeness (QED) is 0.537. The number of hydrogen-bond acceptors (Lipinski definition) is 5. The second kappa shape index (κ2) is 10.7. The molecule has 0 bridgehead atoms. The van der Waals surface area contributed by atoms with Crippen LogP contribution in [0.4, 0.5) is 0 Å². The fourth-order valence-electron chi connectivity index (χ4n) is 4.59. The molecule has 3 rings (SSSR count). The highest BCUT2D eigenvalue weighted by Crippen LogP contribution is 2.34. The summed E-state index contributed by atoms with van der Waals surface area (Å²) in [7, 11) is 5.15. The van der Waals surface area contributed by atoms with Gasteiger partial charge in [0.15, 0.2) is 17.5 Å². The first kappa shape index (κ1) is 21.7. The maximum absolute atomic E-state index is 5.59. The van der Waals surface area contributed by atoms with E-state index in [2.05, 4.69) is 20.5 Å². The predicted molar refractivity (Wildman–Crippen MR) is 116 cm³/mol. The van der Waals surface area contributed by atoms with E-state index in [0.717, 1.165) is 55.9 Å². The molecular weight excluding hydrogens is 368 g/mol. The predicted octanol–water partition coefficient (Wildman–Crippen LogP) is 2.40. The summed E-state index contributed by atoms with van der Waals surface area (Å²) < 4.78 is 16.5. The molecule has 1 aromatic rings. The fourth-order valence-corrected chi connectivity index (χ4v) is 4.59. The van der Waals surface area contributed by atoms with Gasteiger partial charge < -0.3 is 24.8 Å². The third kappa shape index (κ3) is 5.34. The van der Waals surface area contributed by atoms with Crippen LogP contribution >= 0.6 is 0 Å². The summed E-state index contributed by atoms with van der Waals surface area (Å²) in [5.41, 5.74) is 1.24.